The van der Waals surface area contributed by atoms with Crippen LogP contribution in [0, 0.1) is 5.82 Å². The van der Waals surface area contributed by atoms with Crippen LogP contribution in [-0.4, -0.2) is 17.6 Å². The van der Waals surface area contributed by atoms with Gasteiger partial charge in [0, 0.05) is 10.4 Å². The minimum absolute atomic E-state index is 0.135. The van der Waals surface area contributed by atoms with Crippen LogP contribution in [0.3, 0.4) is 0 Å². The number of benzene rings is 1. The van der Waals surface area contributed by atoms with E-state index in [0.717, 1.165) is 16.2 Å². The van der Waals surface area contributed by atoms with Gasteiger partial charge in [0.15, 0.2) is 4.80 Å². The summed E-state index contributed by atoms with van der Waals surface area (Å²) in [5, 5.41) is 2.08. The van der Waals surface area contributed by atoms with Crippen LogP contribution in [0.5, 0.6) is 0 Å². The summed E-state index contributed by atoms with van der Waals surface area (Å²) in [7, 11) is 1.29. The number of carbonyl (C=O) groups excluding carboxylic acids is 1. The molecule has 4 rings (SSSR count). The highest BCUT2D eigenvalue weighted by atomic mass is 35.5. The minimum Gasteiger partial charge on any atom is -0.466 e. The van der Waals surface area contributed by atoms with Crippen LogP contribution in [0.25, 0.3) is 6.08 Å². The molecule has 1 aliphatic rings. The second kappa shape index (κ2) is 7.70. The van der Waals surface area contributed by atoms with Crippen molar-refractivity contribution in [3.05, 3.63) is 88.0 Å². The molecule has 0 fully saturated rings. The fourth-order valence-corrected chi connectivity index (χ4v) is 5.26. The smallest absolute Gasteiger partial charge is 0.338 e. The van der Waals surface area contributed by atoms with Gasteiger partial charge in [-0.1, -0.05) is 35.1 Å². The van der Waals surface area contributed by atoms with Crippen LogP contribution in [-0.2, 0) is 9.53 Å². The molecule has 148 valence electrons. The Kier molecular flexibility index (Phi) is 5.24. The Labute approximate surface area is 177 Å². The zero-order chi connectivity index (χ0) is 20.7. The first kappa shape index (κ1) is 19.8. The summed E-state index contributed by atoms with van der Waals surface area (Å²) in [5.74, 6) is -1.07. The highest BCUT2D eigenvalue weighted by Gasteiger charge is 2.33. The summed E-state index contributed by atoms with van der Waals surface area (Å²) < 4.78 is 20.9. The molecular weight excluding hydrogens is 435 g/mol. The number of thiophene rings is 1. The van der Waals surface area contributed by atoms with Crippen molar-refractivity contribution in [2.75, 3.05) is 7.11 Å². The maximum Gasteiger partial charge on any atom is 0.338 e. The van der Waals surface area contributed by atoms with E-state index in [4.69, 9.17) is 16.3 Å². The fraction of sp³-hybridized carbons (Fsp3) is 0.150. The summed E-state index contributed by atoms with van der Waals surface area (Å²) in [4.78, 5) is 31.4. The lowest BCUT2D eigenvalue weighted by atomic mass is 10.0. The van der Waals surface area contributed by atoms with E-state index in [1.54, 1.807) is 13.0 Å². The SMILES string of the molecule is COC(=O)C1=C(C)N=c2s/c(=C\c3c(F)cccc3Cl)c(=O)n2[C@H]1c1cccs1. The van der Waals surface area contributed by atoms with Gasteiger partial charge < -0.3 is 4.74 Å². The molecule has 1 aliphatic heterocycles. The predicted octanol–water partition coefficient (Wildman–Crippen LogP) is 3.26. The zero-order valence-corrected chi connectivity index (χ0v) is 17.7. The van der Waals surface area contributed by atoms with Crippen LogP contribution in [0.4, 0.5) is 4.39 Å². The third-order valence-corrected chi connectivity index (χ3v) is 6.75. The van der Waals surface area contributed by atoms with Crippen molar-refractivity contribution in [1.82, 2.24) is 4.57 Å². The number of ether oxygens (including phenoxy) is 1. The molecule has 0 bridgehead atoms. The summed E-state index contributed by atoms with van der Waals surface area (Å²) in [6.07, 6.45) is 1.42. The standard InChI is InChI=1S/C20H14ClFN2O3S2/c1-10-16(19(26)27-2)17(14-7-4-8-28-14)24-18(25)15(29-20(24)23-10)9-11-12(21)5-3-6-13(11)22/h3-9,17H,1-2H3/b15-9-/t17-/m0/s1. The van der Waals surface area contributed by atoms with E-state index in [1.807, 2.05) is 17.5 Å². The molecule has 29 heavy (non-hydrogen) atoms. The molecule has 1 atom stereocenters. The quantitative estimate of drug-likeness (QED) is 0.578. The van der Waals surface area contributed by atoms with Gasteiger partial charge in [0.1, 0.15) is 11.9 Å². The third-order valence-electron chi connectivity index (χ3n) is 4.51. The number of allylic oxidation sites excluding steroid dienone is 1. The zero-order valence-electron chi connectivity index (χ0n) is 15.3. The van der Waals surface area contributed by atoms with Crippen molar-refractivity contribution in [2.45, 2.75) is 13.0 Å². The Bertz CT molecular complexity index is 1300. The molecule has 0 spiro atoms. The lowest BCUT2D eigenvalue weighted by Gasteiger charge is -2.22. The Balaban J connectivity index is 2.00. The second-order valence-electron chi connectivity index (χ2n) is 6.22. The van der Waals surface area contributed by atoms with Gasteiger partial charge in [-0.3, -0.25) is 9.36 Å². The van der Waals surface area contributed by atoms with E-state index >= 15 is 0 Å². The number of methoxy groups -OCH3 is 1. The van der Waals surface area contributed by atoms with Crippen LogP contribution in [0.1, 0.15) is 23.4 Å². The number of aromatic nitrogens is 1. The Morgan fingerprint density at radius 2 is 2.14 bits per heavy atom. The number of halogens is 2. The topological polar surface area (TPSA) is 60.7 Å². The van der Waals surface area contributed by atoms with Gasteiger partial charge in [-0.15, -0.1) is 11.3 Å². The molecule has 0 radical (unpaired) electrons. The third kappa shape index (κ3) is 3.37. The lowest BCUT2D eigenvalue weighted by Crippen LogP contribution is -2.39. The van der Waals surface area contributed by atoms with E-state index in [2.05, 4.69) is 4.99 Å². The van der Waals surface area contributed by atoms with Crippen molar-refractivity contribution in [3.8, 4) is 0 Å². The highest BCUT2D eigenvalue weighted by Crippen LogP contribution is 2.33. The first-order valence-corrected chi connectivity index (χ1v) is 10.6. The predicted molar refractivity (Wildman–Crippen MR) is 112 cm³/mol. The van der Waals surface area contributed by atoms with Gasteiger partial charge in [-0.25, -0.2) is 14.2 Å². The maximum atomic E-state index is 14.2. The van der Waals surface area contributed by atoms with Gasteiger partial charge in [0.05, 0.1) is 27.9 Å². The Morgan fingerprint density at radius 3 is 2.79 bits per heavy atom. The largest absolute Gasteiger partial charge is 0.466 e. The number of rotatable bonds is 3. The lowest BCUT2D eigenvalue weighted by molar-refractivity contribution is -0.136. The number of carbonyl (C=O) groups is 1. The van der Waals surface area contributed by atoms with Crippen molar-refractivity contribution >= 4 is 46.3 Å². The van der Waals surface area contributed by atoms with Gasteiger partial charge in [0.25, 0.3) is 5.56 Å². The second-order valence-corrected chi connectivity index (χ2v) is 8.62. The van der Waals surface area contributed by atoms with Crippen LogP contribution >= 0.6 is 34.3 Å². The number of hydrogen-bond donors (Lipinski definition) is 0. The normalized spacial score (nSPS) is 16.6. The summed E-state index contributed by atoms with van der Waals surface area (Å²) in [6.45, 7) is 1.71. The van der Waals surface area contributed by atoms with Crippen molar-refractivity contribution in [3.63, 3.8) is 0 Å². The van der Waals surface area contributed by atoms with Gasteiger partial charge in [0.2, 0.25) is 0 Å². The van der Waals surface area contributed by atoms with Gasteiger partial charge in [-0.2, -0.15) is 0 Å². The molecule has 0 unspecified atom stereocenters. The molecule has 2 aromatic heterocycles. The highest BCUT2D eigenvalue weighted by molar-refractivity contribution is 7.10. The first-order valence-electron chi connectivity index (χ1n) is 8.50. The summed E-state index contributed by atoms with van der Waals surface area (Å²) in [5.41, 5.74) is 0.543. The molecule has 3 aromatic rings. The van der Waals surface area contributed by atoms with Gasteiger partial charge in [-0.05, 0) is 36.6 Å². The molecule has 0 saturated carbocycles. The molecule has 0 saturated heterocycles. The molecule has 1 aromatic carbocycles. The number of fused-ring (bicyclic) bond motifs is 1. The number of nitrogens with zero attached hydrogens (tertiary/aromatic N) is 2. The number of esters is 1. The Hall–Kier alpha value is -2.55. The number of thiazole rings is 1. The van der Waals surface area contributed by atoms with E-state index < -0.39 is 17.8 Å². The van der Waals surface area contributed by atoms with Crippen LogP contribution < -0.4 is 14.9 Å². The van der Waals surface area contributed by atoms with Crippen molar-refractivity contribution in [1.29, 1.82) is 0 Å². The maximum absolute atomic E-state index is 14.2. The fourth-order valence-electron chi connectivity index (χ4n) is 3.19. The molecule has 3 heterocycles. The number of hydrogen-bond acceptors (Lipinski definition) is 6. The van der Waals surface area contributed by atoms with Crippen LogP contribution in [0.15, 0.2) is 56.8 Å². The first-order chi connectivity index (χ1) is 13.9. The molecular formula is C20H14ClFN2O3S2. The van der Waals surface area contributed by atoms with E-state index in [9.17, 15) is 14.0 Å². The summed E-state index contributed by atoms with van der Waals surface area (Å²) in [6, 6.07) is 7.38. The molecule has 5 nitrogen and oxygen atoms in total. The molecule has 9 heteroatoms. The van der Waals surface area contributed by atoms with E-state index in [0.29, 0.717) is 16.1 Å². The van der Waals surface area contributed by atoms with Gasteiger partial charge >= 0.3 is 5.97 Å². The molecule has 0 amide bonds. The van der Waals surface area contributed by atoms with E-state index in [1.165, 1.54) is 41.2 Å². The molecule has 0 N–H and O–H groups in total. The molecule has 0 aliphatic carbocycles. The van der Waals surface area contributed by atoms with Crippen molar-refractivity contribution < 1.29 is 13.9 Å². The Morgan fingerprint density at radius 1 is 1.34 bits per heavy atom. The van der Waals surface area contributed by atoms with Crippen molar-refractivity contribution in [2.24, 2.45) is 4.99 Å². The monoisotopic (exact) mass is 448 g/mol. The van der Waals surface area contributed by atoms with E-state index in [-0.39, 0.29) is 20.7 Å². The van der Waals surface area contributed by atoms with Crippen LogP contribution in [0.2, 0.25) is 5.02 Å². The minimum atomic E-state index is -0.656. The summed E-state index contributed by atoms with van der Waals surface area (Å²) >= 11 is 8.65. The average Bonchev–Trinajstić information content (AvgIpc) is 3.32. The average molecular weight is 449 g/mol.